The number of hydrogen-bond donors (Lipinski definition) is 0. The molecule has 0 fully saturated rings. The van der Waals surface area contributed by atoms with E-state index in [0.717, 1.165) is 18.4 Å². The van der Waals surface area contributed by atoms with Gasteiger partial charge in [-0.25, -0.2) is 0 Å². The second kappa shape index (κ2) is 11.4. The Labute approximate surface area is 235 Å². The van der Waals surface area contributed by atoms with E-state index in [0.29, 0.717) is 5.92 Å². The van der Waals surface area contributed by atoms with E-state index in [9.17, 15) is 4.39 Å². The Morgan fingerprint density at radius 1 is 0.917 bits per heavy atom. The average molecular weight is 599 g/mol. The minimum absolute atomic E-state index is 0. The summed E-state index contributed by atoms with van der Waals surface area (Å²) < 4.78 is 19.6. The molecule has 0 radical (unpaired) electrons. The molecule has 0 heterocycles. The van der Waals surface area contributed by atoms with E-state index >= 15 is 0 Å². The number of halogens is 3. The van der Waals surface area contributed by atoms with Gasteiger partial charge >= 0.3 is 212 Å². The SMILES string of the molecule is CCC1=[C](/[Zr+2](=[CH]/c2ccc(F)cc2)[c]2cccc3c2Cc2ccccc2-3)C(C)C=C1C(C)(C)C.[Cl-].[Cl-]. The summed E-state index contributed by atoms with van der Waals surface area (Å²) >= 11 is -2.51. The van der Waals surface area contributed by atoms with Gasteiger partial charge in [-0.2, -0.15) is 0 Å². The summed E-state index contributed by atoms with van der Waals surface area (Å²) in [6, 6.07) is 22.9. The molecule has 0 bridgehead atoms. The first kappa shape index (κ1) is 29.0. The van der Waals surface area contributed by atoms with Crippen LogP contribution in [0, 0.1) is 17.2 Å². The molecule has 4 heteroatoms. The Balaban J connectivity index is 0.00000180. The molecule has 0 saturated carbocycles. The van der Waals surface area contributed by atoms with E-state index in [1.807, 2.05) is 12.1 Å². The van der Waals surface area contributed by atoms with Gasteiger partial charge in [-0.1, -0.05) is 0 Å². The fourth-order valence-corrected chi connectivity index (χ4v) is 13.6. The van der Waals surface area contributed by atoms with E-state index in [1.165, 1.54) is 27.8 Å². The number of benzene rings is 3. The molecule has 36 heavy (non-hydrogen) atoms. The molecule has 0 spiro atoms. The Kier molecular flexibility index (Phi) is 9.19. The standard InChI is InChI=1S/C13H9.C12H19.C7H5F.2ClH.Zr/c1-3-7-12-10(5-1)9-11-6-2-4-8-13(11)12;1-6-10-7-9(2)8-11(10)12(3,4)5;1-6-2-4-7(8)5-3-6;;;/h1-5,7-8H,9H2;8-9H,6H2,1-5H3;1-5H;2*1H;/q;;;;;+2/p-2. The third kappa shape index (κ3) is 5.33. The Morgan fingerprint density at radius 2 is 1.58 bits per heavy atom. The van der Waals surface area contributed by atoms with Gasteiger partial charge < -0.3 is 24.8 Å². The van der Waals surface area contributed by atoms with Crippen molar-refractivity contribution in [1.29, 1.82) is 0 Å². The predicted molar refractivity (Wildman–Crippen MR) is 140 cm³/mol. The van der Waals surface area contributed by atoms with Crippen LogP contribution >= 0.6 is 0 Å². The van der Waals surface area contributed by atoms with Crippen molar-refractivity contribution in [3.8, 4) is 11.1 Å². The van der Waals surface area contributed by atoms with Crippen molar-refractivity contribution < 1.29 is 50.5 Å². The first-order valence-electron chi connectivity index (χ1n) is 12.4. The van der Waals surface area contributed by atoms with Gasteiger partial charge in [-0.3, -0.25) is 0 Å². The molecular weight excluding hydrogens is 565 g/mol. The number of hydrogen-bond acceptors (Lipinski definition) is 0. The monoisotopic (exact) mass is 596 g/mol. The van der Waals surface area contributed by atoms with Crippen LogP contribution in [0.15, 0.2) is 87.2 Å². The minimum atomic E-state index is -2.51. The van der Waals surface area contributed by atoms with E-state index in [4.69, 9.17) is 0 Å². The summed E-state index contributed by atoms with van der Waals surface area (Å²) in [4.78, 5) is 0. The maximum Gasteiger partial charge on any atom is -1.00 e. The van der Waals surface area contributed by atoms with E-state index < -0.39 is 21.3 Å². The molecule has 2 aliphatic rings. The van der Waals surface area contributed by atoms with Crippen LogP contribution < -0.4 is 28.1 Å². The second-order valence-corrected chi connectivity index (χ2v) is 16.0. The zero-order valence-electron chi connectivity index (χ0n) is 21.6. The molecule has 186 valence electrons. The maximum atomic E-state index is 13.7. The van der Waals surface area contributed by atoms with Crippen LogP contribution in [0.4, 0.5) is 4.39 Å². The molecule has 2 aliphatic carbocycles. The predicted octanol–water partition coefficient (Wildman–Crippen LogP) is 1.79. The minimum Gasteiger partial charge on any atom is -1.00 e. The van der Waals surface area contributed by atoms with Crippen molar-refractivity contribution in [2.75, 3.05) is 0 Å². The van der Waals surface area contributed by atoms with E-state index in [-0.39, 0.29) is 36.0 Å². The van der Waals surface area contributed by atoms with Crippen LogP contribution in [0.3, 0.4) is 0 Å². The quantitative estimate of drug-likeness (QED) is 0.336. The Morgan fingerprint density at radius 3 is 2.25 bits per heavy atom. The maximum absolute atomic E-state index is 13.7. The largest absolute Gasteiger partial charge is 1.00 e. The van der Waals surface area contributed by atoms with Gasteiger partial charge in [0.15, 0.2) is 0 Å². The fourth-order valence-electron chi connectivity index (χ4n) is 5.78. The molecule has 0 aliphatic heterocycles. The summed E-state index contributed by atoms with van der Waals surface area (Å²) in [6.45, 7) is 11.7. The molecule has 0 N–H and O–H groups in total. The van der Waals surface area contributed by atoms with Crippen molar-refractivity contribution in [3.05, 3.63) is 110 Å². The van der Waals surface area contributed by atoms with Gasteiger partial charge in [0.25, 0.3) is 0 Å². The first-order chi connectivity index (χ1) is 16.3. The molecule has 0 nitrogen and oxygen atoms in total. The molecular formula is C32H33Cl2FZr. The van der Waals surface area contributed by atoms with Gasteiger partial charge in [0.2, 0.25) is 0 Å². The van der Waals surface area contributed by atoms with Gasteiger partial charge in [-0.15, -0.1) is 0 Å². The molecule has 3 aromatic rings. The van der Waals surface area contributed by atoms with Crippen LogP contribution in [-0.2, 0) is 27.7 Å². The fraction of sp³-hybridized carbons (Fsp3) is 0.281. The Bertz CT molecular complexity index is 1360. The molecule has 0 amide bonds. The normalized spacial score (nSPS) is 16.2. The summed E-state index contributed by atoms with van der Waals surface area (Å²) in [6.07, 6.45) is 4.62. The summed E-state index contributed by atoms with van der Waals surface area (Å²) in [7, 11) is 0. The number of allylic oxidation sites excluding steroid dienone is 4. The molecule has 5 rings (SSSR count). The van der Waals surface area contributed by atoms with Crippen molar-refractivity contribution >= 4 is 6.98 Å². The zero-order valence-corrected chi connectivity index (χ0v) is 25.6. The molecule has 3 aromatic carbocycles. The van der Waals surface area contributed by atoms with Crippen LogP contribution in [0.5, 0.6) is 0 Å². The second-order valence-electron chi connectivity index (χ2n) is 10.6. The van der Waals surface area contributed by atoms with Gasteiger partial charge in [0, 0.05) is 0 Å². The van der Waals surface area contributed by atoms with E-state index in [2.05, 4.69) is 86.9 Å². The van der Waals surface area contributed by atoms with Crippen LogP contribution in [0.25, 0.3) is 11.1 Å². The Hall–Kier alpha value is -1.60. The number of fused-ring (bicyclic) bond motifs is 3. The van der Waals surface area contributed by atoms with Gasteiger partial charge in [-0.05, 0) is 0 Å². The third-order valence-corrected chi connectivity index (χ3v) is 14.7. The van der Waals surface area contributed by atoms with E-state index in [1.54, 1.807) is 24.3 Å². The molecule has 0 aromatic heterocycles. The molecule has 1 atom stereocenters. The topological polar surface area (TPSA) is 0 Å². The van der Waals surface area contributed by atoms with Crippen molar-refractivity contribution in [1.82, 2.24) is 0 Å². The first-order valence-corrected chi connectivity index (χ1v) is 16.3. The van der Waals surface area contributed by atoms with Crippen LogP contribution in [-0.4, -0.2) is 3.71 Å². The number of rotatable bonds is 4. The van der Waals surface area contributed by atoms with Crippen LogP contribution in [0.2, 0.25) is 0 Å². The van der Waals surface area contributed by atoms with Crippen molar-refractivity contribution in [2.24, 2.45) is 11.3 Å². The summed E-state index contributed by atoms with van der Waals surface area (Å²) in [5, 5.41) is 0. The summed E-state index contributed by atoms with van der Waals surface area (Å²) in [5.74, 6) is 0.285. The third-order valence-electron chi connectivity index (χ3n) is 7.30. The zero-order chi connectivity index (χ0) is 24.0. The smallest absolute Gasteiger partial charge is 1.00 e. The van der Waals surface area contributed by atoms with Crippen molar-refractivity contribution in [3.63, 3.8) is 0 Å². The van der Waals surface area contributed by atoms with Crippen molar-refractivity contribution in [2.45, 2.75) is 47.5 Å². The average Bonchev–Trinajstić information content (AvgIpc) is 3.36. The summed E-state index contributed by atoms with van der Waals surface area (Å²) in [5.41, 5.74) is 10.2. The van der Waals surface area contributed by atoms with Gasteiger partial charge in [0.05, 0.1) is 0 Å². The van der Waals surface area contributed by atoms with Crippen LogP contribution in [0.1, 0.15) is 57.7 Å². The molecule has 0 saturated heterocycles. The van der Waals surface area contributed by atoms with Gasteiger partial charge in [0.1, 0.15) is 0 Å². The molecule has 1 unspecified atom stereocenters.